The van der Waals surface area contributed by atoms with Crippen molar-refractivity contribution in [1.29, 1.82) is 0 Å². The maximum absolute atomic E-state index is 12.0. The molecule has 0 aliphatic carbocycles. The van der Waals surface area contributed by atoms with Crippen LogP contribution in [0.5, 0.6) is 0 Å². The zero-order valence-electron chi connectivity index (χ0n) is 11.1. The molecular formula is C11H20N2O4S. The number of hydrogen-bond acceptors (Lipinski definition) is 5. The predicted octanol–water partition coefficient (Wildman–Crippen LogP) is -0.455. The summed E-state index contributed by atoms with van der Waals surface area (Å²) in [6, 6.07) is -1.12. The second-order valence-corrected chi connectivity index (χ2v) is 7.30. The minimum Gasteiger partial charge on any atom is -0.302 e. The number of imide groups is 1. The third-order valence-corrected chi connectivity index (χ3v) is 3.84. The summed E-state index contributed by atoms with van der Waals surface area (Å²) in [6.45, 7) is 5.24. The molecule has 0 bridgehead atoms. The Morgan fingerprint density at radius 2 is 1.89 bits per heavy atom. The van der Waals surface area contributed by atoms with Crippen molar-refractivity contribution in [3.63, 3.8) is 0 Å². The van der Waals surface area contributed by atoms with E-state index in [4.69, 9.17) is 0 Å². The van der Waals surface area contributed by atoms with E-state index in [1.54, 1.807) is 20.8 Å². The van der Waals surface area contributed by atoms with Crippen molar-refractivity contribution in [3.8, 4) is 0 Å². The molecular weight excluding hydrogens is 256 g/mol. The van der Waals surface area contributed by atoms with Crippen molar-refractivity contribution in [2.45, 2.75) is 45.3 Å². The van der Waals surface area contributed by atoms with Gasteiger partial charge in [-0.05, 0) is 20.8 Å². The van der Waals surface area contributed by atoms with Gasteiger partial charge in [-0.25, -0.2) is 8.42 Å². The lowest BCUT2D eigenvalue weighted by Gasteiger charge is -2.20. The Bertz CT molecular complexity index is 444. The summed E-state index contributed by atoms with van der Waals surface area (Å²) in [4.78, 5) is 24.8. The summed E-state index contributed by atoms with van der Waals surface area (Å²) in [6.07, 6.45) is 1.25. The van der Waals surface area contributed by atoms with Crippen LogP contribution in [-0.2, 0) is 19.4 Å². The molecule has 0 radical (unpaired) electrons. The predicted molar refractivity (Wildman–Crippen MR) is 67.7 cm³/mol. The van der Waals surface area contributed by atoms with Crippen LogP contribution in [-0.4, -0.2) is 55.3 Å². The molecule has 1 rings (SSSR count). The van der Waals surface area contributed by atoms with E-state index in [-0.39, 0.29) is 36.1 Å². The summed E-state index contributed by atoms with van der Waals surface area (Å²) < 4.78 is 22.3. The lowest BCUT2D eigenvalue weighted by atomic mass is 10.2. The number of likely N-dealkylation sites (tertiary alicyclic amines) is 1. The van der Waals surface area contributed by atoms with Gasteiger partial charge >= 0.3 is 0 Å². The van der Waals surface area contributed by atoms with Gasteiger partial charge < -0.3 is 5.32 Å². The van der Waals surface area contributed by atoms with Gasteiger partial charge in [-0.15, -0.1) is 0 Å². The van der Waals surface area contributed by atoms with E-state index in [0.717, 1.165) is 6.26 Å². The van der Waals surface area contributed by atoms with Crippen molar-refractivity contribution in [2.24, 2.45) is 0 Å². The zero-order valence-corrected chi connectivity index (χ0v) is 12.0. The molecule has 0 saturated carbocycles. The molecule has 0 aromatic heterocycles. The summed E-state index contributed by atoms with van der Waals surface area (Å²) in [5.74, 6) is -0.526. The number of carbonyl (C=O) groups is 2. The van der Waals surface area contributed by atoms with Crippen LogP contribution in [0.4, 0.5) is 0 Å². The molecule has 1 aliphatic rings. The van der Waals surface area contributed by atoms with Gasteiger partial charge in [0, 0.05) is 18.3 Å². The van der Waals surface area contributed by atoms with Crippen LogP contribution in [0.15, 0.2) is 0 Å². The highest BCUT2D eigenvalue weighted by Crippen LogP contribution is 2.16. The Morgan fingerprint density at radius 3 is 2.28 bits per heavy atom. The second kappa shape index (κ2) is 5.36. The smallest absolute Gasteiger partial charge is 0.247 e. The van der Waals surface area contributed by atoms with E-state index in [1.807, 2.05) is 0 Å². The SMILES string of the molecule is CC(CS(C)(=O)=O)NC1CC(=O)N(C(C)C)C1=O. The van der Waals surface area contributed by atoms with Crippen molar-refractivity contribution in [3.05, 3.63) is 0 Å². The summed E-state index contributed by atoms with van der Waals surface area (Å²) in [5.41, 5.74) is 0. The molecule has 2 unspecified atom stereocenters. The molecule has 2 amide bonds. The fourth-order valence-electron chi connectivity index (χ4n) is 2.17. The van der Waals surface area contributed by atoms with Crippen LogP contribution < -0.4 is 5.32 Å². The van der Waals surface area contributed by atoms with Crippen LogP contribution in [0.1, 0.15) is 27.2 Å². The number of nitrogens with zero attached hydrogens (tertiary/aromatic N) is 1. The standard InChI is InChI=1S/C11H20N2O4S/c1-7(2)13-10(14)5-9(11(13)15)12-8(3)6-18(4,16)17/h7-9,12H,5-6H2,1-4H3. The number of hydrogen-bond donors (Lipinski definition) is 1. The van der Waals surface area contributed by atoms with Crippen LogP contribution in [0, 0.1) is 0 Å². The molecule has 6 nitrogen and oxygen atoms in total. The van der Waals surface area contributed by atoms with Gasteiger partial charge in [-0.2, -0.15) is 0 Å². The molecule has 1 heterocycles. The first-order valence-corrected chi connectivity index (χ1v) is 7.97. The number of nitrogens with one attached hydrogen (secondary N) is 1. The number of sulfone groups is 1. The third kappa shape index (κ3) is 3.78. The fraction of sp³-hybridized carbons (Fsp3) is 0.818. The summed E-state index contributed by atoms with van der Waals surface area (Å²) >= 11 is 0. The van der Waals surface area contributed by atoms with Gasteiger partial charge in [-0.3, -0.25) is 14.5 Å². The number of carbonyl (C=O) groups excluding carboxylic acids is 2. The fourth-order valence-corrected chi connectivity index (χ4v) is 3.17. The van der Waals surface area contributed by atoms with Gasteiger partial charge in [0.05, 0.1) is 18.2 Å². The summed E-state index contributed by atoms with van der Waals surface area (Å²) in [7, 11) is -3.10. The van der Waals surface area contributed by atoms with Crippen molar-refractivity contribution in [2.75, 3.05) is 12.0 Å². The van der Waals surface area contributed by atoms with Gasteiger partial charge in [-0.1, -0.05) is 0 Å². The molecule has 104 valence electrons. The quantitative estimate of drug-likeness (QED) is 0.687. The van der Waals surface area contributed by atoms with Gasteiger partial charge in [0.15, 0.2) is 0 Å². The van der Waals surface area contributed by atoms with E-state index < -0.39 is 15.9 Å². The van der Waals surface area contributed by atoms with Crippen molar-refractivity contribution >= 4 is 21.7 Å². The second-order valence-electron chi connectivity index (χ2n) is 5.11. The van der Waals surface area contributed by atoms with Gasteiger partial charge in [0.1, 0.15) is 9.84 Å². The minimum absolute atomic E-state index is 0.0490. The highest BCUT2D eigenvalue weighted by molar-refractivity contribution is 7.90. The molecule has 0 spiro atoms. The van der Waals surface area contributed by atoms with Crippen LogP contribution in [0.3, 0.4) is 0 Å². The first-order chi connectivity index (χ1) is 8.11. The monoisotopic (exact) mass is 276 g/mol. The lowest BCUT2D eigenvalue weighted by Crippen LogP contribution is -2.46. The average molecular weight is 276 g/mol. The van der Waals surface area contributed by atoms with Crippen LogP contribution in [0.2, 0.25) is 0 Å². The van der Waals surface area contributed by atoms with Crippen molar-refractivity contribution in [1.82, 2.24) is 10.2 Å². The molecule has 7 heteroatoms. The number of rotatable bonds is 5. The third-order valence-electron chi connectivity index (χ3n) is 2.74. The number of amides is 2. The van der Waals surface area contributed by atoms with Gasteiger partial charge in [0.25, 0.3) is 0 Å². The maximum Gasteiger partial charge on any atom is 0.247 e. The molecule has 1 saturated heterocycles. The molecule has 1 aliphatic heterocycles. The summed E-state index contributed by atoms with van der Waals surface area (Å²) in [5, 5.41) is 2.91. The Kier molecular flexibility index (Phi) is 4.50. The van der Waals surface area contributed by atoms with Crippen molar-refractivity contribution < 1.29 is 18.0 Å². The largest absolute Gasteiger partial charge is 0.302 e. The molecule has 0 aromatic carbocycles. The van der Waals surface area contributed by atoms with E-state index in [9.17, 15) is 18.0 Å². The average Bonchev–Trinajstić information content (AvgIpc) is 2.37. The normalized spacial score (nSPS) is 22.9. The molecule has 1 N–H and O–H groups in total. The Morgan fingerprint density at radius 1 is 1.33 bits per heavy atom. The van der Waals surface area contributed by atoms with Gasteiger partial charge in [0.2, 0.25) is 11.8 Å². The van der Waals surface area contributed by atoms with Crippen LogP contribution in [0.25, 0.3) is 0 Å². The minimum atomic E-state index is -3.10. The Labute approximate surface area is 108 Å². The first kappa shape index (κ1) is 15.1. The van der Waals surface area contributed by atoms with E-state index in [1.165, 1.54) is 4.90 Å². The van der Waals surface area contributed by atoms with Crippen LogP contribution >= 0.6 is 0 Å². The zero-order chi connectivity index (χ0) is 14.1. The topological polar surface area (TPSA) is 83.6 Å². The highest BCUT2D eigenvalue weighted by Gasteiger charge is 2.40. The Balaban J connectivity index is 2.65. The molecule has 2 atom stereocenters. The molecule has 0 aromatic rings. The Hall–Kier alpha value is -0.950. The first-order valence-electron chi connectivity index (χ1n) is 5.91. The van der Waals surface area contributed by atoms with E-state index in [0.29, 0.717) is 0 Å². The molecule has 18 heavy (non-hydrogen) atoms. The van der Waals surface area contributed by atoms with E-state index >= 15 is 0 Å². The highest BCUT2D eigenvalue weighted by atomic mass is 32.2. The molecule has 1 fully saturated rings. The van der Waals surface area contributed by atoms with E-state index in [2.05, 4.69) is 5.32 Å². The maximum atomic E-state index is 12.0. The lowest BCUT2D eigenvalue weighted by molar-refractivity contribution is -0.140.